The van der Waals surface area contributed by atoms with Gasteiger partial charge in [-0.1, -0.05) is 37.6 Å². The summed E-state index contributed by atoms with van der Waals surface area (Å²) in [6.45, 7) is 4.24. The standard InChI is InChI=1S/C12H17ClFNS/c1-8(2)16-7-10(15)6-9-4-3-5-11(13)12(9)14/h3-5,8,10H,6-7,15H2,1-2H3. The number of hydrogen-bond donors (Lipinski definition) is 1. The highest BCUT2D eigenvalue weighted by molar-refractivity contribution is 7.99. The van der Waals surface area contributed by atoms with E-state index < -0.39 is 0 Å². The first-order valence-electron chi connectivity index (χ1n) is 5.30. The number of rotatable bonds is 5. The van der Waals surface area contributed by atoms with E-state index in [1.807, 2.05) is 0 Å². The average Bonchev–Trinajstić information content (AvgIpc) is 2.22. The molecule has 2 N–H and O–H groups in total. The van der Waals surface area contributed by atoms with Gasteiger partial charge < -0.3 is 5.73 Å². The molecule has 0 amide bonds. The molecular weight excluding hydrogens is 245 g/mol. The lowest BCUT2D eigenvalue weighted by molar-refractivity contribution is 0.598. The fourth-order valence-electron chi connectivity index (χ4n) is 1.36. The molecule has 0 saturated heterocycles. The minimum absolute atomic E-state index is 0.0274. The molecule has 1 rings (SSSR count). The van der Waals surface area contributed by atoms with Crippen LogP contribution in [0.5, 0.6) is 0 Å². The maximum atomic E-state index is 13.6. The van der Waals surface area contributed by atoms with Gasteiger partial charge >= 0.3 is 0 Å². The van der Waals surface area contributed by atoms with Crippen molar-refractivity contribution in [2.45, 2.75) is 31.6 Å². The maximum Gasteiger partial charge on any atom is 0.145 e. The van der Waals surface area contributed by atoms with E-state index in [1.165, 1.54) is 0 Å². The Bertz CT molecular complexity index is 344. The van der Waals surface area contributed by atoms with Crippen LogP contribution >= 0.6 is 23.4 Å². The normalized spacial score (nSPS) is 13.1. The summed E-state index contributed by atoms with van der Waals surface area (Å²) in [5, 5.41) is 0.719. The largest absolute Gasteiger partial charge is 0.327 e. The predicted octanol–water partition coefficient (Wildman–Crippen LogP) is 3.49. The van der Waals surface area contributed by atoms with Crippen molar-refractivity contribution < 1.29 is 4.39 Å². The molecule has 0 aliphatic heterocycles. The fourth-order valence-corrected chi connectivity index (χ4v) is 2.31. The zero-order chi connectivity index (χ0) is 12.1. The molecule has 1 unspecified atom stereocenters. The van der Waals surface area contributed by atoms with Gasteiger partial charge in [0, 0.05) is 11.8 Å². The quantitative estimate of drug-likeness (QED) is 0.878. The van der Waals surface area contributed by atoms with E-state index in [0.717, 1.165) is 5.75 Å². The van der Waals surface area contributed by atoms with Crippen LogP contribution in [-0.4, -0.2) is 17.0 Å². The summed E-state index contributed by atoms with van der Waals surface area (Å²) in [6, 6.07) is 5.01. The van der Waals surface area contributed by atoms with Gasteiger partial charge in [0.15, 0.2) is 0 Å². The van der Waals surface area contributed by atoms with Crippen molar-refractivity contribution >= 4 is 23.4 Å². The molecule has 0 spiro atoms. The second-order valence-electron chi connectivity index (χ2n) is 4.06. The van der Waals surface area contributed by atoms with Crippen molar-refractivity contribution in [3.63, 3.8) is 0 Å². The van der Waals surface area contributed by atoms with Crippen molar-refractivity contribution in [2.24, 2.45) is 5.73 Å². The number of benzene rings is 1. The molecule has 90 valence electrons. The van der Waals surface area contributed by atoms with Crippen LogP contribution in [-0.2, 0) is 6.42 Å². The molecule has 0 radical (unpaired) electrons. The van der Waals surface area contributed by atoms with E-state index in [2.05, 4.69) is 13.8 Å². The molecule has 1 aromatic rings. The number of thioether (sulfide) groups is 1. The van der Waals surface area contributed by atoms with Crippen molar-refractivity contribution in [1.82, 2.24) is 0 Å². The third-order valence-electron chi connectivity index (χ3n) is 2.16. The first kappa shape index (κ1) is 13.8. The van der Waals surface area contributed by atoms with E-state index in [1.54, 1.807) is 30.0 Å². The summed E-state index contributed by atoms with van der Waals surface area (Å²) < 4.78 is 13.6. The summed E-state index contributed by atoms with van der Waals surface area (Å²) in [7, 11) is 0. The van der Waals surface area contributed by atoms with Gasteiger partial charge in [-0.15, -0.1) is 0 Å². The van der Waals surface area contributed by atoms with Crippen LogP contribution in [0, 0.1) is 5.82 Å². The van der Waals surface area contributed by atoms with Gasteiger partial charge in [0.2, 0.25) is 0 Å². The van der Waals surface area contributed by atoms with Crippen molar-refractivity contribution in [2.75, 3.05) is 5.75 Å². The Morgan fingerprint density at radius 2 is 2.12 bits per heavy atom. The molecule has 0 bridgehead atoms. The van der Waals surface area contributed by atoms with Crippen LogP contribution in [0.4, 0.5) is 4.39 Å². The highest BCUT2D eigenvalue weighted by Crippen LogP contribution is 2.20. The Morgan fingerprint density at radius 3 is 2.75 bits per heavy atom. The van der Waals surface area contributed by atoms with Gasteiger partial charge in [0.25, 0.3) is 0 Å². The van der Waals surface area contributed by atoms with Crippen LogP contribution in [0.3, 0.4) is 0 Å². The molecule has 0 heterocycles. The Kier molecular flexibility index (Phi) is 5.59. The fraction of sp³-hybridized carbons (Fsp3) is 0.500. The minimum Gasteiger partial charge on any atom is -0.327 e. The molecule has 0 saturated carbocycles. The lowest BCUT2D eigenvalue weighted by Gasteiger charge is -2.13. The summed E-state index contributed by atoms with van der Waals surface area (Å²) in [6.07, 6.45) is 0.534. The number of hydrogen-bond acceptors (Lipinski definition) is 2. The third-order valence-corrected chi connectivity index (χ3v) is 3.74. The zero-order valence-corrected chi connectivity index (χ0v) is 11.1. The van der Waals surface area contributed by atoms with Crippen LogP contribution < -0.4 is 5.73 Å². The van der Waals surface area contributed by atoms with Crippen LogP contribution in [0.25, 0.3) is 0 Å². The van der Waals surface area contributed by atoms with Crippen LogP contribution in [0.2, 0.25) is 5.02 Å². The highest BCUT2D eigenvalue weighted by Gasteiger charge is 2.11. The van der Waals surface area contributed by atoms with Gasteiger partial charge in [0.05, 0.1) is 5.02 Å². The smallest absolute Gasteiger partial charge is 0.145 e. The van der Waals surface area contributed by atoms with E-state index in [9.17, 15) is 4.39 Å². The van der Waals surface area contributed by atoms with Gasteiger partial charge in [-0.05, 0) is 23.3 Å². The molecule has 4 heteroatoms. The minimum atomic E-state index is -0.339. The second kappa shape index (κ2) is 6.48. The van der Waals surface area contributed by atoms with Crippen molar-refractivity contribution in [1.29, 1.82) is 0 Å². The maximum absolute atomic E-state index is 13.6. The van der Waals surface area contributed by atoms with Gasteiger partial charge in [0.1, 0.15) is 5.82 Å². The molecule has 16 heavy (non-hydrogen) atoms. The van der Waals surface area contributed by atoms with E-state index in [0.29, 0.717) is 17.2 Å². The second-order valence-corrected chi connectivity index (χ2v) is 6.08. The Morgan fingerprint density at radius 1 is 1.44 bits per heavy atom. The van der Waals surface area contributed by atoms with Crippen molar-refractivity contribution in [3.8, 4) is 0 Å². The van der Waals surface area contributed by atoms with Gasteiger partial charge in [-0.2, -0.15) is 11.8 Å². The van der Waals surface area contributed by atoms with Crippen molar-refractivity contribution in [3.05, 3.63) is 34.6 Å². The molecule has 1 aromatic carbocycles. The molecule has 0 aromatic heterocycles. The average molecular weight is 262 g/mol. The summed E-state index contributed by atoms with van der Waals surface area (Å²) in [5.41, 5.74) is 6.54. The SMILES string of the molecule is CC(C)SCC(N)Cc1cccc(Cl)c1F. The topological polar surface area (TPSA) is 26.0 Å². The first-order valence-corrected chi connectivity index (χ1v) is 6.73. The molecule has 0 fully saturated rings. The van der Waals surface area contributed by atoms with Crippen LogP contribution in [0.15, 0.2) is 18.2 Å². The van der Waals surface area contributed by atoms with E-state index in [-0.39, 0.29) is 16.9 Å². The predicted molar refractivity (Wildman–Crippen MR) is 70.7 cm³/mol. The number of halogens is 2. The molecule has 1 nitrogen and oxygen atoms in total. The first-order chi connectivity index (χ1) is 7.50. The monoisotopic (exact) mass is 261 g/mol. The number of nitrogens with two attached hydrogens (primary N) is 1. The summed E-state index contributed by atoms with van der Waals surface area (Å²) >= 11 is 7.49. The Hall–Kier alpha value is -0.250. The lowest BCUT2D eigenvalue weighted by Crippen LogP contribution is -2.26. The molecule has 0 aliphatic rings. The van der Waals surface area contributed by atoms with Crippen LogP contribution in [0.1, 0.15) is 19.4 Å². The molecule has 0 aliphatic carbocycles. The summed E-state index contributed by atoms with van der Waals surface area (Å²) in [4.78, 5) is 0. The molecule has 1 atom stereocenters. The lowest BCUT2D eigenvalue weighted by atomic mass is 10.1. The zero-order valence-electron chi connectivity index (χ0n) is 9.54. The summed E-state index contributed by atoms with van der Waals surface area (Å²) in [5.74, 6) is 0.498. The third kappa shape index (κ3) is 4.32. The Labute approximate surface area is 106 Å². The van der Waals surface area contributed by atoms with E-state index in [4.69, 9.17) is 17.3 Å². The van der Waals surface area contributed by atoms with Gasteiger partial charge in [-0.3, -0.25) is 0 Å². The molecular formula is C12H17ClFNS. The van der Waals surface area contributed by atoms with E-state index >= 15 is 0 Å². The highest BCUT2D eigenvalue weighted by atomic mass is 35.5. The van der Waals surface area contributed by atoms with Gasteiger partial charge in [-0.25, -0.2) is 4.39 Å². The Balaban J connectivity index is 2.56.